The molecule has 0 bridgehead atoms. The van der Waals surface area contributed by atoms with E-state index >= 15 is 0 Å². The summed E-state index contributed by atoms with van der Waals surface area (Å²) in [5, 5.41) is 9.05. The quantitative estimate of drug-likeness (QED) is 0.906. The maximum Gasteiger partial charge on any atom is 0.308 e. The molecule has 0 saturated carbocycles. The Morgan fingerprint density at radius 2 is 2.00 bits per heavy atom. The van der Waals surface area contributed by atoms with Gasteiger partial charge in [0.1, 0.15) is 5.82 Å². The minimum absolute atomic E-state index is 0.103. The Balaban J connectivity index is 1.80. The highest BCUT2D eigenvalue weighted by Gasteiger charge is 2.33. The second-order valence-electron chi connectivity index (χ2n) is 5.64. The van der Waals surface area contributed by atoms with Crippen molar-refractivity contribution < 1.29 is 14.7 Å². The fraction of sp³-hybridized carbons (Fsp3) is 0.533. The lowest BCUT2D eigenvalue weighted by atomic mass is 10.1. The SMILES string of the molecule is O=C(O)C1CCN(C(=O)c2cccnc2N2CCCC2)C1. The van der Waals surface area contributed by atoms with Crippen molar-refractivity contribution in [2.75, 3.05) is 31.1 Å². The number of hydrogen-bond donors (Lipinski definition) is 1. The van der Waals surface area contributed by atoms with Crippen LogP contribution < -0.4 is 4.90 Å². The van der Waals surface area contributed by atoms with Crippen LogP contribution in [0, 0.1) is 5.92 Å². The summed E-state index contributed by atoms with van der Waals surface area (Å²) in [6.07, 6.45) is 4.47. The van der Waals surface area contributed by atoms with E-state index in [1.165, 1.54) is 0 Å². The molecule has 2 aliphatic rings. The maximum absolute atomic E-state index is 12.7. The first-order valence-electron chi connectivity index (χ1n) is 7.39. The molecule has 1 aromatic heterocycles. The largest absolute Gasteiger partial charge is 0.481 e. The molecule has 1 N–H and O–H groups in total. The van der Waals surface area contributed by atoms with E-state index in [-0.39, 0.29) is 5.91 Å². The molecule has 1 unspecified atom stereocenters. The number of amides is 1. The predicted molar refractivity (Wildman–Crippen MR) is 77.3 cm³/mol. The van der Waals surface area contributed by atoms with Gasteiger partial charge in [-0.2, -0.15) is 0 Å². The van der Waals surface area contributed by atoms with Gasteiger partial charge in [0.25, 0.3) is 5.91 Å². The second kappa shape index (κ2) is 5.71. The van der Waals surface area contributed by atoms with Crippen molar-refractivity contribution in [3.05, 3.63) is 23.9 Å². The number of carbonyl (C=O) groups excluding carboxylic acids is 1. The highest BCUT2D eigenvalue weighted by molar-refractivity contribution is 5.99. The number of aliphatic carboxylic acids is 1. The van der Waals surface area contributed by atoms with Crippen LogP contribution in [0.25, 0.3) is 0 Å². The van der Waals surface area contributed by atoms with Crippen molar-refractivity contribution >= 4 is 17.7 Å². The first-order valence-corrected chi connectivity index (χ1v) is 7.39. The van der Waals surface area contributed by atoms with Gasteiger partial charge in [0.05, 0.1) is 11.5 Å². The summed E-state index contributed by atoms with van der Waals surface area (Å²) in [6.45, 7) is 2.65. The molecule has 2 fully saturated rings. The lowest BCUT2D eigenvalue weighted by Gasteiger charge is -2.22. The highest BCUT2D eigenvalue weighted by Crippen LogP contribution is 2.25. The molecule has 2 saturated heterocycles. The summed E-state index contributed by atoms with van der Waals surface area (Å²) < 4.78 is 0. The number of nitrogens with zero attached hydrogens (tertiary/aromatic N) is 3. The third-order valence-electron chi connectivity index (χ3n) is 4.25. The minimum atomic E-state index is -0.823. The van der Waals surface area contributed by atoms with Crippen LogP contribution in [-0.4, -0.2) is 53.0 Å². The average molecular weight is 289 g/mol. The van der Waals surface area contributed by atoms with E-state index in [2.05, 4.69) is 9.88 Å². The first kappa shape index (κ1) is 13.9. The molecular weight excluding hydrogens is 270 g/mol. The van der Waals surface area contributed by atoms with Gasteiger partial charge in [-0.15, -0.1) is 0 Å². The number of carbonyl (C=O) groups is 2. The molecule has 3 rings (SSSR count). The van der Waals surface area contributed by atoms with Crippen molar-refractivity contribution in [3.63, 3.8) is 0 Å². The average Bonchev–Trinajstić information content (AvgIpc) is 3.18. The number of pyridine rings is 1. The fourth-order valence-corrected chi connectivity index (χ4v) is 3.06. The molecule has 1 amide bonds. The molecule has 1 aromatic rings. The Kier molecular flexibility index (Phi) is 3.77. The Morgan fingerprint density at radius 1 is 1.24 bits per heavy atom. The Hall–Kier alpha value is -2.11. The van der Waals surface area contributed by atoms with E-state index in [0.29, 0.717) is 25.1 Å². The zero-order valence-corrected chi connectivity index (χ0v) is 11.9. The number of carboxylic acids is 1. The van der Waals surface area contributed by atoms with Gasteiger partial charge in [-0.1, -0.05) is 0 Å². The molecule has 112 valence electrons. The van der Waals surface area contributed by atoms with E-state index in [9.17, 15) is 9.59 Å². The van der Waals surface area contributed by atoms with Crippen molar-refractivity contribution in [1.29, 1.82) is 0 Å². The summed E-state index contributed by atoms with van der Waals surface area (Å²) >= 11 is 0. The van der Waals surface area contributed by atoms with Gasteiger partial charge in [-0.05, 0) is 31.4 Å². The van der Waals surface area contributed by atoms with Gasteiger partial charge in [0.2, 0.25) is 0 Å². The molecule has 6 nitrogen and oxygen atoms in total. The Bertz CT molecular complexity index is 555. The van der Waals surface area contributed by atoms with Crippen LogP contribution in [0.5, 0.6) is 0 Å². The van der Waals surface area contributed by atoms with Crippen molar-refractivity contribution in [2.45, 2.75) is 19.3 Å². The smallest absolute Gasteiger partial charge is 0.308 e. The topological polar surface area (TPSA) is 73.7 Å². The van der Waals surface area contributed by atoms with Crippen LogP contribution in [0.4, 0.5) is 5.82 Å². The Morgan fingerprint density at radius 3 is 2.67 bits per heavy atom. The van der Waals surface area contributed by atoms with Crippen molar-refractivity contribution in [1.82, 2.24) is 9.88 Å². The molecule has 6 heteroatoms. The standard InChI is InChI=1S/C15H19N3O3/c19-14(18-9-5-11(10-18)15(20)21)12-4-3-6-16-13(12)17-7-1-2-8-17/h3-4,6,11H,1-2,5,7-10H2,(H,20,21). The van der Waals surface area contributed by atoms with Gasteiger partial charge >= 0.3 is 5.97 Å². The van der Waals surface area contributed by atoms with Gasteiger partial charge in [-0.25, -0.2) is 4.98 Å². The predicted octanol–water partition coefficient (Wildman–Crippen LogP) is 1.23. The molecule has 0 aliphatic carbocycles. The number of rotatable bonds is 3. The monoisotopic (exact) mass is 289 g/mol. The summed E-state index contributed by atoms with van der Waals surface area (Å²) in [4.78, 5) is 31.8. The van der Waals surface area contributed by atoms with Gasteiger partial charge < -0.3 is 14.9 Å². The molecule has 0 spiro atoms. The molecule has 2 aliphatic heterocycles. The van der Waals surface area contributed by atoms with E-state index in [1.807, 2.05) is 0 Å². The van der Waals surface area contributed by atoms with E-state index < -0.39 is 11.9 Å². The summed E-state index contributed by atoms with van der Waals surface area (Å²) in [5.41, 5.74) is 0.588. The van der Waals surface area contributed by atoms with Gasteiger partial charge in [-0.3, -0.25) is 9.59 Å². The number of likely N-dealkylation sites (tertiary alicyclic amines) is 1. The summed E-state index contributed by atoms with van der Waals surface area (Å²) in [7, 11) is 0. The van der Waals surface area contributed by atoms with Gasteiger partial charge in [0, 0.05) is 32.4 Å². The lowest BCUT2D eigenvalue weighted by Crippen LogP contribution is -2.32. The molecular formula is C15H19N3O3. The summed E-state index contributed by atoms with van der Waals surface area (Å²) in [5.74, 6) is -0.635. The fourth-order valence-electron chi connectivity index (χ4n) is 3.06. The minimum Gasteiger partial charge on any atom is -0.481 e. The van der Waals surface area contributed by atoms with Crippen LogP contribution in [0.1, 0.15) is 29.6 Å². The normalized spacial score (nSPS) is 21.8. The molecule has 0 radical (unpaired) electrons. The van der Waals surface area contributed by atoms with Crippen LogP contribution >= 0.6 is 0 Å². The molecule has 0 aromatic carbocycles. The highest BCUT2D eigenvalue weighted by atomic mass is 16.4. The van der Waals surface area contributed by atoms with E-state index in [1.54, 1.807) is 23.2 Å². The lowest BCUT2D eigenvalue weighted by molar-refractivity contribution is -0.141. The number of aromatic nitrogens is 1. The van der Waals surface area contributed by atoms with Crippen LogP contribution in [-0.2, 0) is 4.79 Å². The maximum atomic E-state index is 12.7. The second-order valence-corrected chi connectivity index (χ2v) is 5.64. The summed E-state index contributed by atoms with van der Waals surface area (Å²) in [6, 6.07) is 3.55. The number of hydrogen-bond acceptors (Lipinski definition) is 4. The van der Waals surface area contributed by atoms with Crippen LogP contribution in [0.15, 0.2) is 18.3 Å². The zero-order valence-electron chi connectivity index (χ0n) is 11.9. The first-order chi connectivity index (χ1) is 10.2. The molecule has 21 heavy (non-hydrogen) atoms. The third-order valence-corrected chi connectivity index (χ3v) is 4.25. The zero-order chi connectivity index (χ0) is 14.8. The van der Waals surface area contributed by atoms with E-state index in [0.717, 1.165) is 31.7 Å². The van der Waals surface area contributed by atoms with Crippen LogP contribution in [0.2, 0.25) is 0 Å². The van der Waals surface area contributed by atoms with E-state index in [4.69, 9.17) is 5.11 Å². The van der Waals surface area contributed by atoms with Gasteiger partial charge in [0.15, 0.2) is 0 Å². The number of carboxylic acid groups (broad SMARTS) is 1. The third kappa shape index (κ3) is 2.70. The number of anilines is 1. The van der Waals surface area contributed by atoms with Crippen LogP contribution in [0.3, 0.4) is 0 Å². The van der Waals surface area contributed by atoms with Crippen molar-refractivity contribution in [3.8, 4) is 0 Å². The Labute approximate surface area is 123 Å². The molecule has 3 heterocycles. The van der Waals surface area contributed by atoms with Crippen molar-refractivity contribution in [2.24, 2.45) is 5.92 Å². The molecule has 1 atom stereocenters.